The van der Waals surface area contributed by atoms with Crippen LogP contribution in [-0.2, 0) is 13.1 Å². The molecule has 8 heteroatoms. The lowest BCUT2D eigenvalue weighted by atomic mass is 10.3. The molecular weight excluding hydrogens is 437 g/mol. The second-order valence-corrected chi connectivity index (χ2v) is 12.2. The summed E-state index contributed by atoms with van der Waals surface area (Å²) in [5.74, 6) is 9.58. The first-order chi connectivity index (χ1) is 14.2. The SMILES string of the molecule is CCSCCN(CCSCC)Cc1cc(CN(CCSCC)CCSCC)[n-]n1. The van der Waals surface area contributed by atoms with Crippen molar-refractivity contribution in [2.45, 2.75) is 40.8 Å². The zero-order valence-corrected chi connectivity index (χ0v) is 22.2. The Morgan fingerprint density at radius 3 is 1.52 bits per heavy atom. The van der Waals surface area contributed by atoms with Gasteiger partial charge in [-0.05, 0) is 23.0 Å². The van der Waals surface area contributed by atoms with E-state index >= 15 is 0 Å². The molecule has 29 heavy (non-hydrogen) atoms. The van der Waals surface area contributed by atoms with Crippen molar-refractivity contribution >= 4 is 47.0 Å². The molecule has 1 aromatic heterocycles. The number of nitrogens with zero attached hydrogens (tertiary/aromatic N) is 4. The minimum absolute atomic E-state index is 0.929. The summed E-state index contributed by atoms with van der Waals surface area (Å²) in [4.78, 5) is 5.10. The molecule has 4 nitrogen and oxygen atoms in total. The highest BCUT2D eigenvalue weighted by Crippen LogP contribution is 2.11. The van der Waals surface area contributed by atoms with Gasteiger partial charge in [0.25, 0.3) is 0 Å². The van der Waals surface area contributed by atoms with E-state index in [0.29, 0.717) is 0 Å². The van der Waals surface area contributed by atoms with Crippen molar-refractivity contribution in [1.29, 1.82) is 0 Å². The van der Waals surface area contributed by atoms with Gasteiger partial charge in [-0.25, -0.2) is 0 Å². The van der Waals surface area contributed by atoms with Crippen molar-refractivity contribution in [2.75, 3.05) is 72.2 Å². The van der Waals surface area contributed by atoms with Crippen LogP contribution in [0.2, 0.25) is 0 Å². The van der Waals surface area contributed by atoms with Crippen LogP contribution in [0.25, 0.3) is 0 Å². The van der Waals surface area contributed by atoms with Crippen molar-refractivity contribution in [2.24, 2.45) is 0 Å². The van der Waals surface area contributed by atoms with Crippen LogP contribution in [0.3, 0.4) is 0 Å². The van der Waals surface area contributed by atoms with Crippen molar-refractivity contribution in [1.82, 2.24) is 20.0 Å². The molecule has 0 spiro atoms. The van der Waals surface area contributed by atoms with E-state index in [9.17, 15) is 0 Å². The Hall–Kier alpha value is 0.530. The third-order valence-electron chi connectivity index (χ3n) is 4.44. The van der Waals surface area contributed by atoms with E-state index in [1.165, 1.54) is 46.0 Å². The minimum atomic E-state index is 0.929. The van der Waals surface area contributed by atoms with Gasteiger partial charge in [0.2, 0.25) is 0 Å². The summed E-state index contributed by atoms with van der Waals surface area (Å²) in [6, 6.07) is 2.24. The fourth-order valence-electron chi connectivity index (χ4n) is 2.88. The second-order valence-electron chi connectivity index (χ2n) is 6.67. The molecule has 0 saturated heterocycles. The Kier molecular flexibility index (Phi) is 18.3. The summed E-state index contributed by atoms with van der Waals surface area (Å²) < 4.78 is 0. The summed E-state index contributed by atoms with van der Waals surface area (Å²) in [6.45, 7) is 15.4. The topological polar surface area (TPSA) is 33.5 Å². The maximum Gasteiger partial charge on any atom is 0.0389 e. The number of hydrogen-bond donors (Lipinski definition) is 0. The highest BCUT2D eigenvalue weighted by atomic mass is 32.2. The Morgan fingerprint density at radius 1 is 0.690 bits per heavy atom. The van der Waals surface area contributed by atoms with Crippen LogP contribution in [0.4, 0.5) is 0 Å². The van der Waals surface area contributed by atoms with Crippen LogP contribution >= 0.6 is 47.0 Å². The molecule has 0 fully saturated rings. The molecule has 0 bridgehead atoms. The van der Waals surface area contributed by atoms with E-state index in [1.807, 2.05) is 47.0 Å². The lowest BCUT2D eigenvalue weighted by molar-refractivity contribution is 0.296. The lowest BCUT2D eigenvalue weighted by Gasteiger charge is -2.23. The van der Waals surface area contributed by atoms with Gasteiger partial charge in [-0.1, -0.05) is 33.8 Å². The van der Waals surface area contributed by atoms with E-state index in [4.69, 9.17) is 0 Å². The zero-order valence-electron chi connectivity index (χ0n) is 18.9. The Morgan fingerprint density at radius 2 is 1.10 bits per heavy atom. The molecule has 0 aliphatic rings. The predicted molar refractivity (Wildman–Crippen MR) is 140 cm³/mol. The van der Waals surface area contributed by atoms with Gasteiger partial charge < -0.3 is 10.2 Å². The highest BCUT2D eigenvalue weighted by molar-refractivity contribution is 7.99. The Bertz CT molecular complexity index is 427. The second kappa shape index (κ2) is 19.2. The molecule has 1 aromatic rings. The van der Waals surface area contributed by atoms with Crippen molar-refractivity contribution in [3.05, 3.63) is 17.5 Å². The van der Waals surface area contributed by atoms with Gasteiger partial charge in [-0.3, -0.25) is 9.80 Å². The first-order valence-electron chi connectivity index (χ1n) is 11.0. The lowest BCUT2D eigenvalue weighted by Crippen LogP contribution is -2.29. The van der Waals surface area contributed by atoms with Crippen LogP contribution in [0.5, 0.6) is 0 Å². The average Bonchev–Trinajstić information content (AvgIpc) is 3.15. The van der Waals surface area contributed by atoms with E-state index in [2.05, 4.69) is 53.8 Å². The van der Waals surface area contributed by atoms with Crippen molar-refractivity contribution < 1.29 is 0 Å². The van der Waals surface area contributed by atoms with E-state index in [1.54, 1.807) is 0 Å². The van der Waals surface area contributed by atoms with Crippen LogP contribution in [0.15, 0.2) is 6.07 Å². The van der Waals surface area contributed by atoms with Crippen LogP contribution in [-0.4, -0.2) is 87.1 Å². The van der Waals surface area contributed by atoms with E-state index in [-0.39, 0.29) is 0 Å². The van der Waals surface area contributed by atoms with Gasteiger partial charge in [-0.15, -0.1) is 5.69 Å². The van der Waals surface area contributed by atoms with Crippen LogP contribution in [0.1, 0.15) is 39.1 Å². The third kappa shape index (κ3) is 14.3. The smallest absolute Gasteiger partial charge is 0.0389 e. The first-order valence-corrected chi connectivity index (χ1v) is 15.6. The fourth-order valence-corrected chi connectivity index (χ4v) is 5.59. The molecule has 170 valence electrons. The van der Waals surface area contributed by atoms with Crippen LogP contribution in [0, 0.1) is 0 Å². The van der Waals surface area contributed by atoms with Gasteiger partial charge in [0.05, 0.1) is 0 Å². The largest absolute Gasteiger partial charge is 0.578 e. The molecule has 1 rings (SSSR count). The molecule has 0 N–H and O–H groups in total. The fraction of sp³-hybridized carbons (Fsp3) is 0.857. The summed E-state index contributed by atoms with van der Waals surface area (Å²) in [7, 11) is 0. The summed E-state index contributed by atoms with van der Waals surface area (Å²) in [5.41, 5.74) is 2.27. The minimum Gasteiger partial charge on any atom is -0.578 e. The molecule has 0 radical (unpaired) electrons. The van der Waals surface area contributed by atoms with Crippen molar-refractivity contribution in [3.8, 4) is 0 Å². The Labute approximate surface area is 196 Å². The zero-order chi connectivity index (χ0) is 21.2. The quantitative estimate of drug-likeness (QED) is 0.251. The third-order valence-corrected chi connectivity index (χ3v) is 7.95. The van der Waals surface area contributed by atoms with Gasteiger partial charge in [0, 0.05) is 68.0 Å². The molecule has 0 aliphatic carbocycles. The predicted octanol–water partition coefficient (Wildman–Crippen LogP) is 4.66. The van der Waals surface area contributed by atoms with Gasteiger partial charge >= 0.3 is 0 Å². The summed E-state index contributed by atoms with van der Waals surface area (Å²) in [6.07, 6.45) is 0. The van der Waals surface area contributed by atoms with E-state index < -0.39 is 0 Å². The standard InChI is InChI=1S/C21H41N4S4/c1-5-26-13-9-24(10-14-27-6-2)18-20-17-21(23-22-20)19-25(11-15-28-7-3)12-16-29-8-4/h17H,5-16,18-19H2,1-4H3/q-1. The molecular formula is C21H41N4S4-. The molecule has 0 atom stereocenters. The maximum absolute atomic E-state index is 4.52. The maximum atomic E-state index is 4.52. The molecule has 0 aromatic carbocycles. The van der Waals surface area contributed by atoms with Crippen molar-refractivity contribution in [3.63, 3.8) is 0 Å². The van der Waals surface area contributed by atoms with Gasteiger partial charge in [0.15, 0.2) is 0 Å². The van der Waals surface area contributed by atoms with Crippen LogP contribution < -0.4 is 5.10 Å². The van der Waals surface area contributed by atoms with Gasteiger partial charge in [-0.2, -0.15) is 47.0 Å². The van der Waals surface area contributed by atoms with Gasteiger partial charge in [0.1, 0.15) is 0 Å². The average molecular weight is 478 g/mol. The molecule has 0 unspecified atom stereocenters. The summed E-state index contributed by atoms with van der Waals surface area (Å²) in [5, 5.41) is 9.03. The number of rotatable bonds is 20. The molecule has 0 amide bonds. The number of thioether (sulfide) groups is 4. The number of aromatic nitrogens is 2. The molecule has 0 aliphatic heterocycles. The van der Waals surface area contributed by atoms with E-state index in [0.717, 1.165) is 50.7 Å². The highest BCUT2D eigenvalue weighted by Gasteiger charge is 2.08. The molecule has 1 heterocycles. The Balaban J connectivity index is 2.57. The summed E-state index contributed by atoms with van der Waals surface area (Å²) >= 11 is 8.09. The number of hydrogen-bond acceptors (Lipinski definition) is 7. The first kappa shape index (κ1) is 27.6. The normalized spacial score (nSPS) is 11.8. The molecule has 0 saturated carbocycles. The monoisotopic (exact) mass is 477 g/mol.